The Hall–Kier alpha value is -3.43. The van der Waals surface area contributed by atoms with Crippen LogP contribution in [0.4, 0.5) is 24.7 Å². The van der Waals surface area contributed by atoms with Crippen LogP contribution >= 0.6 is 0 Å². The van der Waals surface area contributed by atoms with Crippen molar-refractivity contribution in [2.75, 3.05) is 11.9 Å². The first kappa shape index (κ1) is 18.9. The van der Waals surface area contributed by atoms with E-state index >= 15 is 0 Å². The van der Waals surface area contributed by atoms with Crippen LogP contribution in [0.2, 0.25) is 0 Å². The predicted molar refractivity (Wildman–Crippen MR) is 99.0 cm³/mol. The van der Waals surface area contributed by atoms with E-state index in [0.717, 1.165) is 16.5 Å². The van der Waals surface area contributed by atoms with Gasteiger partial charge in [-0.1, -0.05) is 24.3 Å². The fraction of sp³-hybridized carbons (Fsp3) is 0.263. The van der Waals surface area contributed by atoms with Gasteiger partial charge in [-0.2, -0.15) is 13.2 Å². The molecule has 1 aliphatic rings. The first-order valence-corrected chi connectivity index (χ1v) is 8.79. The fourth-order valence-corrected chi connectivity index (χ4v) is 3.36. The second-order valence-electron chi connectivity index (χ2n) is 7.01. The third-order valence-corrected chi connectivity index (χ3v) is 5.14. The average molecular weight is 404 g/mol. The number of nitrogens with one attached hydrogen (secondary N) is 1. The lowest BCUT2D eigenvalue weighted by atomic mass is 9.94. The Morgan fingerprint density at radius 1 is 1.21 bits per heavy atom. The lowest BCUT2D eigenvalue weighted by Gasteiger charge is -2.18. The van der Waals surface area contributed by atoms with Gasteiger partial charge in [0.15, 0.2) is 0 Å². The maximum atomic E-state index is 13.0. The molecule has 0 bridgehead atoms. The molecule has 1 fully saturated rings. The molecule has 0 saturated heterocycles. The van der Waals surface area contributed by atoms with Crippen LogP contribution in [0.5, 0.6) is 0 Å². The molecule has 7 nitrogen and oxygen atoms in total. The first-order chi connectivity index (χ1) is 13.7. The molecule has 0 spiro atoms. The number of aromatic nitrogens is 2. The maximum absolute atomic E-state index is 13.0. The van der Waals surface area contributed by atoms with Crippen molar-refractivity contribution in [3.63, 3.8) is 0 Å². The van der Waals surface area contributed by atoms with E-state index in [9.17, 15) is 28.1 Å². The van der Waals surface area contributed by atoms with Gasteiger partial charge in [0.05, 0.1) is 10.5 Å². The van der Waals surface area contributed by atoms with E-state index in [1.807, 2.05) is 0 Å². The van der Waals surface area contributed by atoms with Crippen LogP contribution in [0.15, 0.2) is 53.5 Å². The Morgan fingerprint density at radius 3 is 2.62 bits per heavy atom. The van der Waals surface area contributed by atoms with Gasteiger partial charge in [-0.25, -0.2) is 4.98 Å². The number of nitro groups is 1. The van der Waals surface area contributed by atoms with Crippen molar-refractivity contribution in [2.45, 2.75) is 24.4 Å². The van der Waals surface area contributed by atoms with Gasteiger partial charge in [0, 0.05) is 18.2 Å². The van der Waals surface area contributed by atoms with Crippen LogP contribution in [0.3, 0.4) is 0 Å². The Balaban J connectivity index is 1.68. The number of fused-ring (bicyclic) bond motifs is 1. The number of pyridine rings is 1. The lowest BCUT2D eigenvalue weighted by Crippen LogP contribution is -2.25. The third kappa shape index (κ3) is 3.41. The van der Waals surface area contributed by atoms with Crippen LogP contribution < -0.4 is 10.9 Å². The minimum Gasteiger partial charge on any atom is -0.363 e. The minimum atomic E-state index is -4.45. The molecule has 29 heavy (non-hydrogen) atoms. The highest BCUT2D eigenvalue weighted by Crippen LogP contribution is 2.49. The van der Waals surface area contributed by atoms with Gasteiger partial charge in [-0.05, 0) is 36.6 Å². The van der Waals surface area contributed by atoms with Gasteiger partial charge in [-0.15, -0.1) is 0 Å². The second-order valence-corrected chi connectivity index (χ2v) is 7.01. The van der Waals surface area contributed by atoms with Gasteiger partial charge in [-0.3, -0.25) is 19.3 Å². The van der Waals surface area contributed by atoms with E-state index in [1.165, 1.54) is 18.3 Å². The predicted octanol–water partition coefficient (Wildman–Crippen LogP) is 3.77. The van der Waals surface area contributed by atoms with Gasteiger partial charge in [0.25, 0.3) is 0 Å². The molecule has 0 atom stereocenters. The zero-order valence-electron chi connectivity index (χ0n) is 14.9. The van der Waals surface area contributed by atoms with E-state index in [0.29, 0.717) is 18.4 Å². The maximum Gasteiger partial charge on any atom is 0.416 e. The van der Waals surface area contributed by atoms with E-state index in [4.69, 9.17) is 0 Å². The quantitative estimate of drug-likeness (QED) is 0.517. The summed E-state index contributed by atoms with van der Waals surface area (Å²) in [6.45, 7) is 0.130. The fourth-order valence-electron chi connectivity index (χ4n) is 3.36. The third-order valence-electron chi connectivity index (χ3n) is 5.14. The number of rotatable bonds is 5. The minimum absolute atomic E-state index is 0.130. The number of halogens is 3. The van der Waals surface area contributed by atoms with Crippen molar-refractivity contribution in [2.24, 2.45) is 0 Å². The standard InChI is InChI=1S/C19H15F3N4O3/c20-19(21,22)13-5-3-4-12(10-13)18(7-8-18)11-23-16-15(26(28)29)17(27)25-9-2-1-6-14(25)24-16/h1-6,9-10,23H,7-8,11H2. The van der Waals surface area contributed by atoms with Crippen molar-refractivity contribution in [1.82, 2.24) is 9.38 Å². The zero-order valence-corrected chi connectivity index (χ0v) is 14.9. The number of anilines is 1. The highest BCUT2D eigenvalue weighted by atomic mass is 19.4. The van der Waals surface area contributed by atoms with E-state index < -0.39 is 33.3 Å². The zero-order chi connectivity index (χ0) is 20.8. The highest BCUT2D eigenvalue weighted by molar-refractivity contribution is 5.60. The smallest absolute Gasteiger partial charge is 0.363 e. The molecule has 2 heterocycles. The van der Waals surface area contributed by atoms with Crippen molar-refractivity contribution in [3.05, 3.63) is 80.3 Å². The summed E-state index contributed by atoms with van der Waals surface area (Å²) >= 11 is 0. The summed E-state index contributed by atoms with van der Waals surface area (Å²) in [5, 5.41) is 14.3. The molecule has 0 radical (unpaired) electrons. The highest BCUT2D eigenvalue weighted by Gasteiger charge is 2.45. The number of hydrogen-bond acceptors (Lipinski definition) is 5. The van der Waals surface area contributed by atoms with Gasteiger partial charge >= 0.3 is 17.4 Å². The SMILES string of the molecule is O=c1c([N+](=O)[O-])c(NCC2(c3cccc(C(F)(F)F)c3)CC2)nc2ccccn12. The van der Waals surface area contributed by atoms with Crippen molar-refractivity contribution in [3.8, 4) is 0 Å². The van der Waals surface area contributed by atoms with E-state index in [-0.39, 0.29) is 18.0 Å². The molecular weight excluding hydrogens is 389 g/mol. The molecule has 0 aliphatic heterocycles. The lowest BCUT2D eigenvalue weighted by molar-refractivity contribution is -0.385. The molecule has 150 valence electrons. The van der Waals surface area contributed by atoms with E-state index in [1.54, 1.807) is 18.2 Å². The topological polar surface area (TPSA) is 89.5 Å². The van der Waals surface area contributed by atoms with Crippen LogP contribution in [-0.2, 0) is 11.6 Å². The summed E-state index contributed by atoms with van der Waals surface area (Å²) in [7, 11) is 0. The molecule has 10 heteroatoms. The van der Waals surface area contributed by atoms with Gasteiger partial charge in [0.2, 0.25) is 5.82 Å². The molecule has 1 aromatic carbocycles. The monoisotopic (exact) mass is 404 g/mol. The van der Waals surface area contributed by atoms with Crippen molar-refractivity contribution >= 4 is 17.2 Å². The molecular formula is C19H15F3N4O3. The summed E-state index contributed by atoms with van der Waals surface area (Å²) in [6, 6.07) is 9.80. The van der Waals surface area contributed by atoms with Gasteiger partial charge in [0.1, 0.15) is 5.65 Å². The Labute approximate surface area is 162 Å². The molecule has 3 aromatic rings. The Morgan fingerprint density at radius 2 is 1.97 bits per heavy atom. The van der Waals surface area contributed by atoms with E-state index in [2.05, 4.69) is 10.3 Å². The summed E-state index contributed by atoms with van der Waals surface area (Å²) in [4.78, 5) is 27.3. The normalized spacial score (nSPS) is 15.3. The summed E-state index contributed by atoms with van der Waals surface area (Å²) in [6.07, 6.45) is -1.82. The Bertz CT molecular complexity index is 1170. The number of nitrogens with zero attached hydrogens (tertiary/aromatic N) is 3. The molecule has 1 N–H and O–H groups in total. The number of alkyl halides is 3. The van der Waals surface area contributed by atoms with Crippen molar-refractivity contribution < 1.29 is 18.1 Å². The van der Waals surface area contributed by atoms with Crippen LogP contribution in [-0.4, -0.2) is 20.9 Å². The average Bonchev–Trinajstić information content (AvgIpc) is 3.47. The summed E-state index contributed by atoms with van der Waals surface area (Å²) < 4.78 is 40.1. The molecule has 1 saturated carbocycles. The Kier molecular flexibility index (Phi) is 4.29. The molecule has 1 aliphatic carbocycles. The summed E-state index contributed by atoms with van der Waals surface area (Å²) in [5.74, 6) is -0.190. The second kappa shape index (κ2) is 6.57. The van der Waals surface area contributed by atoms with Crippen LogP contribution in [0, 0.1) is 10.1 Å². The van der Waals surface area contributed by atoms with Crippen LogP contribution in [0.25, 0.3) is 5.65 Å². The summed E-state index contributed by atoms with van der Waals surface area (Å²) in [5.41, 5.74) is -2.12. The molecule has 0 amide bonds. The number of hydrogen-bond donors (Lipinski definition) is 1. The number of benzene rings is 1. The van der Waals surface area contributed by atoms with Crippen LogP contribution in [0.1, 0.15) is 24.0 Å². The first-order valence-electron chi connectivity index (χ1n) is 8.79. The molecule has 2 aromatic heterocycles. The molecule has 4 rings (SSSR count). The molecule has 0 unspecified atom stereocenters. The van der Waals surface area contributed by atoms with Crippen molar-refractivity contribution in [1.29, 1.82) is 0 Å². The largest absolute Gasteiger partial charge is 0.416 e. The van der Waals surface area contributed by atoms with Gasteiger partial charge < -0.3 is 5.32 Å².